The van der Waals surface area contributed by atoms with Gasteiger partial charge in [-0.1, -0.05) is 29.8 Å². The zero-order valence-electron chi connectivity index (χ0n) is 17.8. The smallest absolute Gasteiger partial charge is 0.282 e. The van der Waals surface area contributed by atoms with Gasteiger partial charge in [0.2, 0.25) is 0 Å². The predicted molar refractivity (Wildman–Crippen MR) is 123 cm³/mol. The van der Waals surface area contributed by atoms with Gasteiger partial charge >= 0.3 is 0 Å². The summed E-state index contributed by atoms with van der Waals surface area (Å²) in [7, 11) is 0. The Morgan fingerprint density at radius 2 is 1.58 bits per heavy atom. The van der Waals surface area contributed by atoms with Gasteiger partial charge in [0.25, 0.3) is 11.8 Å². The summed E-state index contributed by atoms with van der Waals surface area (Å²) in [5.74, 6) is 0.292. The molecule has 2 heterocycles. The number of nitrogens with zero attached hydrogens (tertiary/aromatic N) is 2. The predicted octanol–water partition coefficient (Wildman–Crippen LogP) is 4.03. The van der Waals surface area contributed by atoms with Crippen LogP contribution in [0.25, 0.3) is 5.57 Å². The van der Waals surface area contributed by atoms with Crippen LogP contribution in [0.5, 0.6) is 11.5 Å². The molecule has 5 rings (SSSR count). The van der Waals surface area contributed by atoms with Crippen LogP contribution in [-0.2, 0) is 9.59 Å². The Morgan fingerprint density at radius 3 is 2.27 bits per heavy atom. The van der Waals surface area contributed by atoms with E-state index in [0.29, 0.717) is 47.2 Å². The van der Waals surface area contributed by atoms with Crippen LogP contribution in [0.1, 0.15) is 16.7 Å². The fraction of sp³-hybridized carbons (Fsp3) is 0.115. The number of benzene rings is 3. The SMILES string of the molecule is Cc1ccc(C2=C(Nc3ccc4c(c3)OCCO4)C(=O)N(c3ccc(C#N)cc3)C2=O)cc1. The van der Waals surface area contributed by atoms with Gasteiger partial charge in [-0.2, -0.15) is 5.26 Å². The van der Waals surface area contributed by atoms with E-state index in [1.807, 2.05) is 37.3 Å². The van der Waals surface area contributed by atoms with Crippen LogP contribution in [-0.4, -0.2) is 25.0 Å². The van der Waals surface area contributed by atoms with Crippen LogP contribution in [0.3, 0.4) is 0 Å². The number of carbonyl (C=O) groups excluding carboxylic acids is 2. The molecule has 1 N–H and O–H groups in total. The van der Waals surface area contributed by atoms with Gasteiger partial charge in [-0.15, -0.1) is 0 Å². The number of aryl methyl sites for hydroxylation is 1. The topological polar surface area (TPSA) is 91.7 Å². The Morgan fingerprint density at radius 1 is 0.879 bits per heavy atom. The highest BCUT2D eigenvalue weighted by molar-refractivity contribution is 6.46. The third kappa shape index (κ3) is 3.68. The summed E-state index contributed by atoms with van der Waals surface area (Å²) in [5.41, 5.74) is 3.56. The van der Waals surface area contributed by atoms with Gasteiger partial charge in [-0.3, -0.25) is 9.59 Å². The van der Waals surface area contributed by atoms with Crippen LogP contribution in [0.4, 0.5) is 11.4 Å². The van der Waals surface area contributed by atoms with Crippen molar-refractivity contribution in [1.29, 1.82) is 5.26 Å². The van der Waals surface area contributed by atoms with Gasteiger partial charge in [-0.05, 0) is 48.9 Å². The molecule has 2 aliphatic rings. The largest absolute Gasteiger partial charge is 0.486 e. The lowest BCUT2D eigenvalue weighted by molar-refractivity contribution is -0.120. The summed E-state index contributed by atoms with van der Waals surface area (Å²) in [5, 5.41) is 12.2. The third-order valence-electron chi connectivity index (χ3n) is 5.49. The second-order valence-corrected chi connectivity index (χ2v) is 7.70. The van der Waals surface area contributed by atoms with Crippen molar-refractivity contribution >= 4 is 28.8 Å². The van der Waals surface area contributed by atoms with E-state index in [1.165, 1.54) is 0 Å². The van der Waals surface area contributed by atoms with E-state index >= 15 is 0 Å². The normalized spacial score (nSPS) is 15.0. The number of imide groups is 1. The van der Waals surface area contributed by atoms with Gasteiger partial charge in [0.15, 0.2) is 11.5 Å². The molecule has 0 bridgehead atoms. The molecule has 0 aliphatic carbocycles. The van der Waals surface area contributed by atoms with E-state index in [2.05, 4.69) is 5.32 Å². The molecule has 33 heavy (non-hydrogen) atoms. The van der Waals surface area contributed by atoms with Crippen molar-refractivity contribution in [1.82, 2.24) is 0 Å². The maximum atomic E-state index is 13.5. The van der Waals surface area contributed by atoms with Crippen molar-refractivity contribution in [2.45, 2.75) is 6.92 Å². The fourth-order valence-electron chi connectivity index (χ4n) is 3.82. The Labute approximate surface area is 190 Å². The second kappa shape index (κ2) is 8.17. The van der Waals surface area contributed by atoms with Gasteiger partial charge in [-0.25, -0.2) is 4.90 Å². The summed E-state index contributed by atoms with van der Waals surface area (Å²) in [4.78, 5) is 28.1. The number of amides is 2. The maximum absolute atomic E-state index is 13.5. The zero-order valence-corrected chi connectivity index (χ0v) is 17.8. The van der Waals surface area contributed by atoms with Crippen LogP contribution < -0.4 is 19.7 Å². The van der Waals surface area contributed by atoms with Gasteiger partial charge in [0.05, 0.1) is 22.9 Å². The van der Waals surface area contributed by atoms with Crippen LogP contribution in [0.15, 0.2) is 72.4 Å². The molecule has 2 aliphatic heterocycles. The average molecular weight is 437 g/mol. The highest BCUT2D eigenvalue weighted by atomic mass is 16.6. The lowest BCUT2D eigenvalue weighted by Crippen LogP contribution is -2.32. The van der Waals surface area contributed by atoms with Gasteiger partial charge < -0.3 is 14.8 Å². The molecule has 0 unspecified atom stereocenters. The van der Waals surface area contributed by atoms with Crippen molar-refractivity contribution < 1.29 is 19.1 Å². The number of nitrogens with one attached hydrogen (secondary N) is 1. The quantitative estimate of drug-likeness (QED) is 0.620. The van der Waals surface area contributed by atoms with E-state index in [9.17, 15) is 9.59 Å². The lowest BCUT2D eigenvalue weighted by atomic mass is 10.0. The second-order valence-electron chi connectivity index (χ2n) is 7.70. The zero-order chi connectivity index (χ0) is 22.9. The van der Waals surface area contributed by atoms with E-state index in [-0.39, 0.29) is 11.3 Å². The summed E-state index contributed by atoms with van der Waals surface area (Å²) in [6.07, 6.45) is 0. The monoisotopic (exact) mass is 437 g/mol. The van der Waals surface area contributed by atoms with Crippen molar-refractivity contribution in [3.8, 4) is 17.6 Å². The van der Waals surface area contributed by atoms with E-state index in [4.69, 9.17) is 14.7 Å². The van der Waals surface area contributed by atoms with Crippen LogP contribution in [0.2, 0.25) is 0 Å². The summed E-state index contributed by atoms with van der Waals surface area (Å²) >= 11 is 0. The number of ether oxygens (including phenoxy) is 2. The summed E-state index contributed by atoms with van der Waals surface area (Å²) in [6.45, 7) is 2.88. The molecule has 2 amide bonds. The molecule has 0 atom stereocenters. The van der Waals surface area contributed by atoms with E-state index in [1.54, 1.807) is 42.5 Å². The van der Waals surface area contributed by atoms with Gasteiger partial charge in [0.1, 0.15) is 18.9 Å². The molecule has 0 fully saturated rings. The third-order valence-corrected chi connectivity index (χ3v) is 5.49. The highest BCUT2D eigenvalue weighted by Crippen LogP contribution is 2.37. The molecule has 0 saturated heterocycles. The number of hydrogen-bond acceptors (Lipinski definition) is 6. The van der Waals surface area contributed by atoms with Crippen LogP contribution >= 0.6 is 0 Å². The minimum atomic E-state index is -0.477. The number of nitriles is 1. The maximum Gasteiger partial charge on any atom is 0.282 e. The molecule has 3 aromatic rings. The first-order valence-corrected chi connectivity index (χ1v) is 10.4. The van der Waals surface area contributed by atoms with Crippen molar-refractivity contribution in [3.05, 3.63) is 89.1 Å². The molecule has 162 valence electrons. The fourth-order valence-corrected chi connectivity index (χ4v) is 3.82. The van der Waals surface area contributed by atoms with Crippen molar-refractivity contribution in [2.75, 3.05) is 23.4 Å². The van der Waals surface area contributed by atoms with Crippen molar-refractivity contribution in [2.24, 2.45) is 0 Å². The molecule has 7 nitrogen and oxygen atoms in total. The average Bonchev–Trinajstić information content (AvgIpc) is 3.09. The molecule has 0 saturated carbocycles. The van der Waals surface area contributed by atoms with Crippen molar-refractivity contribution in [3.63, 3.8) is 0 Å². The minimum Gasteiger partial charge on any atom is -0.486 e. The molecule has 0 aromatic heterocycles. The Bertz CT molecular complexity index is 1340. The Hall–Kier alpha value is -4.57. The number of hydrogen-bond donors (Lipinski definition) is 1. The standard InChI is InChI=1S/C26H19N3O4/c1-16-2-6-18(7-3-16)23-24(28-19-8-11-21-22(14-19)33-13-12-32-21)26(31)29(25(23)30)20-9-4-17(15-27)5-10-20/h2-11,14,28H,12-13H2,1H3. The lowest BCUT2D eigenvalue weighted by Gasteiger charge is -2.19. The Kier molecular flexibility index (Phi) is 5.04. The first kappa shape index (κ1) is 20.3. The Balaban J connectivity index is 1.57. The molecule has 7 heteroatoms. The first-order valence-electron chi connectivity index (χ1n) is 10.4. The summed E-state index contributed by atoms with van der Waals surface area (Å²) in [6, 6.07) is 21.1. The number of rotatable bonds is 4. The number of carbonyl (C=O) groups is 2. The first-order chi connectivity index (χ1) is 16.0. The summed E-state index contributed by atoms with van der Waals surface area (Å²) < 4.78 is 11.2. The number of fused-ring (bicyclic) bond motifs is 1. The molecular formula is C26H19N3O4. The van der Waals surface area contributed by atoms with E-state index in [0.717, 1.165) is 10.5 Å². The molecule has 0 radical (unpaired) electrons. The van der Waals surface area contributed by atoms with Gasteiger partial charge in [0, 0.05) is 11.8 Å². The minimum absolute atomic E-state index is 0.171. The van der Waals surface area contributed by atoms with E-state index < -0.39 is 11.8 Å². The number of anilines is 2. The molecular weight excluding hydrogens is 418 g/mol. The highest BCUT2D eigenvalue weighted by Gasteiger charge is 2.40. The van der Waals surface area contributed by atoms with Crippen LogP contribution in [0, 0.1) is 18.3 Å². The molecule has 0 spiro atoms. The molecule has 3 aromatic carbocycles.